The summed E-state index contributed by atoms with van der Waals surface area (Å²) in [7, 11) is 0. The van der Waals surface area contributed by atoms with Gasteiger partial charge in [-0.1, -0.05) is 39.8 Å². The predicted octanol–water partition coefficient (Wildman–Crippen LogP) is 4.40. The minimum Gasteiger partial charge on any atom is -0.389 e. The first kappa shape index (κ1) is 13.6. The summed E-state index contributed by atoms with van der Waals surface area (Å²) >= 11 is 0. The van der Waals surface area contributed by atoms with E-state index in [9.17, 15) is 5.11 Å². The first-order valence-electron chi connectivity index (χ1n) is 6.99. The molecule has 1 N–H and O–H groups in total. The SMILES string of the molecule is Cc1cc2c(cc1[C@@H](C)O)C(C)(C)CCC2(C)C. The molecular weight excluding hydrogens is 220 g/mol. The average molecular weight is 246 g/mol. The summed E-state index contributed by atoms with van der Waals surface area (Å²) < 4.78 is 0. The van der Waals surface area contributed by atoms with E-state index < -0.39 is 0 Å². The highest BCUT2D eigenvalue weighted by molar-refractivity contribution is 5.47. The molecule has 1 aliphatic carbocycles. The van der Waals surface area contributed by atoms with Crippen LogP contribution in [0.5, 0.6) is 0 Å². The molecule has 0 saturated heterocycles. The molecule has 0 aliphatic heterocycles. The van der Waals surface area contributed by atoms with E-state index in [4.69, 9.17) is 0 Å². The number of hydrogen-bond acceptors (Lipinski definition) is 1. The van der Waals surface area contributed by atoms with Crippen molar-refractivity contribution in [2.75, 3.05) is 0 Å². The smallest absolute Gasteiger partial charge is 0.0764 e. The lowest BCUT2D eigenvalue weighted by Crippen LogP contribution is -2.34. The molecular formula is C17H26O. The zero-order valence-electron chi connectivity index (χ0n) is 12.6. The van der Waals surface area contributed by atoms with Gasteiger partial charge in [-0.3, -0.25) is 0 Å². The minimum absolute atomic E-state index is 0.224. The fourth-order valence-electron chi connectivity index (χ4n) is 3.19. The Morgan fingerprint density at radius 2 is 1.44 bits per heavy atom. The van der Waals surface area contributed by atoms with Crippen molar-refractivity contribution in [1.82, 2.24) is 0 Å². The standard InChI is InChI=1S/C17H26O/c1-11-9-14-15(10-13(11)12(2)18)17(5,6)8-7-16(14,3)4/h9-10,12,18H,7-8H2,1-6H3/t12-/m1/s1. The first-order chi connectivity index (χ1) is 8.15. The van der Waals surface area contributed by atoms with Gasteiger partial charge >= 0.3 is 0 Å². The summed E-state index contributed by atoms with van der Waals surface area (Å²) in [6.07, 6.45) is 2.08. The van der Waals surface area contributed by atoms with Gasteiger partial charge in [0.15, 0.2) is 0 Å². The molecule has 0 heterocycles. The van der Waals surface area contributed by atoms with Crippen LogP contribution in [0, 0.1) is 6.92 Å². The van der Waals surface area contributed by atoms with Gasteiger partial charge < -0.3 is 5.11 Å². The number of benzene rings is 1. The second kappa shape index (κ2) is 4.09. The van der Waals surface area contributed by atoms with Gasteiger partial charge in [0.25, 0.3) is 0 Å². The fraction of sp³-hybridized carbons (Fsp3) is 0.647. The van der Waals surface area contributed by atoms with Gasteiger partial charge in [-0.05, 0) is 59.8 Å². The van der Waals surface area contributed by atoms with E-state index in [1.165, 1.54) is 29.5 Å². The van der Waals surface area contributed by atoms with Gasteiger partial charge in [-0.25, -0.2) is 0 Å². The highest BCUT2D eigenvalue weighted by Gasteiger charge is 2.37. The van der Waals surface area contributed by atoms with Crippen LogP contribution in [-0.2, 0) is 10.8 Å². The number of aliphatic hydroxyl groups is 1. The Balaban J connectivity index is 2.69. The van der Waals surface area contributed by atoms with Gasteiger partial charge in [0.2, 0.25) is 0 Å². The lowest BCUT2D eigenvalue weighted by molar-refractivity contribution is 0.198. The van der Waals surface area contributed by atoms with Gasteiger partial charge in [0, 0.05) is 0 Å². The maximum atomic E-state index is 9.91. The summed E-state index contributed by atoms with van der Waals surface area (Å²) in [5.41, 5.74) is 5.68. The zero-order chi connectivity index (χ0) is 13.7. The number of fused-ring (bicyclic) bond motifs is 1. The number of aryl methyl sites for hydroxylation is 1. The van der Waals surface area contributed by atoms with Crippen LogP contribution in [-0.4, -0.2) is 5.11 Å². The molecule has 0 amide bonds. The van der Waals surface area contributed by atoms with E-state index in [1.54, 1.807) is 0 Å². The second-order valence-corrected chi connectivity index (χ2v) is 7.20. The Kier molecular flexibility index (Phi) is 3.09. The summed E-state index contributed by atoms with van der Waals surface area (Å²) in [5.74, 6) is 0. The summed E-state index contributed by atoms with van der Waals surface area (Å²) in [6, 6.07) is 4.55. The summed E-state index contributed by atoms with van der Waals surface area (Å²) in [5, 5.41) is 9.91. The third kappa shape index (κ3) is 2.09. The van der Waals surface area contributed by atoms with Crippen molar-refractivity contribution in [2.24, 2.45) is 0 Å². The molecule has 0 spiro atoms. The van der Waals surface area contributed by atoms with E-state index in [2.05, 4.69) is 46.8 Å². The van der Waals surface area contributed by atoms with Crippen molar-refractivity contribution in [2.45, 2.75) is 71.3 Å². The molecule has 100 valence electrons. The number of hydrogen-bond donors (Lipinski definition) is 1. The minimum atomic E-state index is -0.379. The fourth-order valence-corrected chi connectivity index (χ4v) is 3.19. The Morgan fingerprint density at radius 1 is 1.00 bits per heavy atom. The average Bonchev–Trinajstić information content (AvgIpc) is 2.24. The molecule has 0 aromatic heterocycles. The first-order valence-corrected chi connectivity index (χ1v) is 6.99. The maximum Gasteiger partial charge on any atom is 0.0764 e. The van der Waals surface area contributed by atoms with Crippen LogP contribution in [0.4, 0.5) is 0 Å². The van der Waals surface area contributed by atoms with Crippen LogP contribution in [0.1, 0.15) is 75.8 Å². The van der Waals surface area contributed by atoms with Gasteiger partial charge in [-0.2, -0.15) is 0 Å². The zero-order valence-corrected chi connectivity index (χ0v) is 12.6. The lowest BCUT2D eigenvalue weighted by atomic mass is 9.62. The van der Waals surface area contributed by atoms with Crippen LogP contribution in [0.2, 0.25) is 0 Å². The van der Waals surface area contributed by atoms with Gasteiger partial charge in [0.05, 0.1) is 6.10 Å². The Labute approximate surface area is 111 Å². The van der Waals surface area contributed by atoms with E-state index in [0.717, 1.165) is 5.56 Å². The third-order valence-corrected chi connectivity index (χ3v) is 4.69. The van der Waals surface area contributed by atoms with Crippen LogP contribution in [0.15, 0.2) is 12.1 Å². The Hall–Kier alpha value is -0.820. The van der Waals surface area contributed by atoms with E-state index in [1.807, 2.05) is 6.92 Å². The third-order valence-electron chi connectivity index (χ3n) is 4.69. The van der Waals surface area contributed by atoms with Crippen molar-refractivity contribution < 1.29 is 5.11 Å². The molecule has 0 bridgehead atoms. The highest BCUT2D eigenvalue weighted by Crippen LogP contribution is 2.46. The molecule has 1 heteroatoms. The van der Waals surface area contributed by atoms with E-state index in [-0.39, 0.29) is 16.9 Å². The topological polar surface area (TPSA) is 20.2 Å². The normalized spacial score (nSPS) is 22.4. The molecule has 0 radical (unpaired) electrons. The monoisotopic (exact) mass is 246 g/mol. The molecule has 1 aliphatic rings. The molecule has 1 aromatic rings. The lowest BCUT2D eigenvalue weighted by Gasteiger charge is -2.42. The Morgan fingerprint density at radius 3 is 1.89 bits per heavy atom. The molecule has 1 atom stereocenters. The highest BCUT2D eigenvalue weighted by atomic mass is 16.3. The van der Waals surface area contributed by atoms with Crippen molar-refractivity contribution in [3.63, 3.8) is 0 Å². The van der Waals surface area contributed by atoms with Gasteiger partial charge in [0.1, 0.15) is 0 Å². The molecule has 0 unspecified atom stereocenters. The summed E-state index contributed by atoms with van der Waals surface area (Å²) in [6.45, 7) is 13.3. The van der Waals surface area contributed by atoms with Crippen LogP contribution in [0.25, 0.3) is 0 Å². The molecule has 0 fully saturated rings. The molecule has 18 heavy (non-hydrogen) atoms. The largest absolute Gasteiger partial charge is 0.389 e. The van der Waals surface area contributed by atoms with E-state index >= 15 is 0 Å². The van der Waals surface area contributed by atoms with Crippen LogP contribution < -0.4 is 0 Å². The molecule has 2 rings (SSSR count). The number of aliphatic hydroxyl groups excluding tert-OH is 1. The molecule has 0 saturated carbocycles. The summed E-state index contributed by atoms with van der Waals surface area (Å²) in [4.78, 5) is 0. The number of rotatable bonds is 1. The van der Waals surface area contributed by atoms with Gasteiger partial charge in [-0.15, -0.1) is 0 Å². The molecule has 1 nitrogen and oxygen atoms in total. The van der Waals surface area contributed by atoms with Crippen LogP contribution >= 0.6 is 0 Å². The van der Waals surface area contributed by atoms with Crippen LogP contribution in [0.3, 0.4) is 0 Å². The Bertz CT molecular complexity index is 467. The molecule has 1 aromatic carbocycles. The predicted molar refractivity (Wildman–Crippen MR) is 77.1 cm³/mol. The van der Waals surface area contributed by atoms with Crippen molar-refractivity contribution >= 4 is 0 Å². The van der Waals surface area contributed by atoms with Crippen molar-refractivity contribution in [1.29, 1.82) is 0 Å². The van der Waals surface area contributed by atoms with E-state index in [0.29, 0.717) is 0 Å². The second-order valence-electron chi connectivity index (χ2n) is 7.20. The van der Waals surface area contributed by atoms with Crippen molar-refractivity contribution in [3.8, 4) is 0 Å². The quantitative estimate of drug-likeness (QED) is 0.779. The van der Waals surface area contributed by atoms with Crippen molar-refractivity contribution in [3.05, 3.63) is 34.4 Å². The maximum absolute atomic E-state index is 9.91.